The number of halogens is 2. The van der Waals surface area contributed by atoms with Gasteiger partial charge in [-0.15, -0.1) is 11.6 Å². The van der Waals surface area contributed by atoms with Crippen LogP contribution in [0.3, 0.4) is 0 Å². The quantitative estimate of drug-likeness (QED) is 0.581. The van der Waals surface area contributed by atoms with E-state index in [0.717, 1.165) is 6.42 Å². The minimum atomic E-state index is 0.478. The Morgan fingerprint density at radius 3 is 2.10 bits per heavy atom. The van der Waals surface area contributed by atoms with Crippen molar-refractivity contribution < 1.29 is 0 Å². The highest BCUT2D eigenvalue weighted by atomic mass is 35.5. The van der Waals surface area contributed by atoms with E-state index in [-0.39, 0.29) is 0 Å². The molecular formula is C8H14Cl2. The molecule has 60 valence electrons. The van der Waals surface area contributed by atoms with Crippen molar-refractivity contribution in [2.75, 3.05) is 5.88 Å². The van der Waals surface area contributed by atoms with Crippen molar-refractivity contribution in [2.45, 2.75) is 20.3 Å². The fraction of sp³-hybridized carbons (Fsp3) is 0.750. The summed E-state index contributed by atoms with van der Waals surface area (Å²) in [5.41, 5.74) is 0. The lowest BCUT2D eigenvalue weighted by Gasteiger charge is -2.16. The second-order valence-corrected chi connectivity index (χ2v) is 3.72. The van der Waals surface area contributed by atoms with Gasteiger partial charge in [-0.25, -0.2) is 0 Å². The van der Waals surface area contributed by atoms with Crippen molar-refractivity contribution in [3.8, 4) is 0 Å². The van der Waals surface area contributed by atoms with Crippen LogP contribution < -0.4 is 0 Å². The molecule has 0 aliphatic heterocycles. The summed E-state index contributed by atoms with van der Waals surface area (Å²) < 4.78 is 0. The van der Waals surface area contributed by atoms with Crippen LogP contribution in [0.2, 0.25) is 0 Å². The first kappa shape index (κ1) is 10.3. The first-order valence-corrected chi connectivity index (χ1v) is 4.38. The molecule has 0 N–H and O–H groups in total. The van der Waals surface area contributed by atoms with Crippen LogP contribution in [-0.2, 0) is 0 Å². The monoisotopic (exact) mass is 180 g/mol. The normalized spacial score (nSPS) is 13.7. The van der Waals surface area contributed by atoms with Crippen molar-refractivity contribution in [3.05, 3.63) is 11.6 Å². The maximum Gasteiger partial charge on any atom is 0.0257 e. The van der Waals surface area contributed by atoms with Gasteiger partial charge in [-0.05, 0) is 18.3 Å². The van der Waals surface area contributed by atoms with E-state index >= 15 is 0 Å². The number of hydrogen-bond donors (Lipinski definition) is 0. The molecule has 0 aromatic rings. The molecule has 0 saturated carbocycles. The Morgan fingerprint density at radius 2 is 2.00 bits per heavy atom. The summed E-state index contributed by atoms with van der Waals surface area (Å²) in [4.78, 5) is 0. The van der Waals surface area contributed by atoms with Gasteiger partial charge in [-0.2, -0.15) is 0 Å². The minimum absolute atomic E-state index is 0.478. The highest BCUT2D eigenvalue weighted by Gasteiger charge is 2.11. The van der Waals surface area contributed by atoms with Crippen molar-refractivity contribution in [1.82, 2.24) is 0 Å². The number of allylic oxidation sites excluding steroid dienone is 1. The van der Waals surface area contributed by atoms with Crippen LogP contribution >= 0.6 is 23.2 Å². The van der Waals surface area contributed by atoms with Crippen LogP contribution in [0.25, 0.3) is 0 Å². The summed E-state index contributed by atoms with van der Waals surface area (Å²) in [7, 11) is 0. The van der Waals surface area contributed by atoms with Crippen molar-refractivity contribution >= 4 is 23.2 Å². The summed E-state index contributed by atoms with van der Waals surface area (Å²) in [6, 6.07) is 0. The Balaban J connectivity index is 3.71. The SMILES string of the molecule is C=C(Cl)CC(CCl)C(C)C. The number of rotatable bonds is 4. The fourth-order valence-electron chi connectivity index (χ4n) is 0.753. The maximum absolute atomic E-state index is 5.71. The van der Waals surface area contributed by atoms with Crippen molar-refractivity contribution in [1.29, 1.82) is 0 Å². The molecule has 0 aromatic heterocycles. The minimum Gasteiger partial charge on any atom is -0.126 e. The summed E-state index contributed by atoms with van der Waals surface area (Å²) >= 11 is 11.3. The average Bonchev–Trinajstić information content (AvgIpc) is 1.81. The first-order chi connectivity index (χ1) is 4.57. The molecule has 0 radical (unpaired) electrons. The van der Waals surface area contributed by atoms with Crippen LogP contribution in [0.4, 0.5) is 0 Å². The lowest BCUT2D eigenvalue weighted by molar-refractivity contribution is 0.427. The van der Waals surface area contributed by atoms with Gasteiger partial charge in [0.05, 0.1) is 0 Å². The van der Waals surface area contributed by atoms with Gasteiger partial charge in [0, 0.05) is 10.9 Å². The second kappa shape index (κ2) is 5.03. The zero-order chi connectivity index (χ0) is 8.15. The molecule has 0 fully saturated rings. The van der Waals surface area contributed by atoms with Gasteiger partial charge >= 0.3 is 0 Å². The standard InChI is InChI=1S/C8H14Cl2/c1-6(2)8(5-9)4-7(3)10/h6,8H,3-5H2,1-2H3. The van der Waals surface area contributed by atoms with Crippen LogP contribution in [0.5, 0.6) is 0 Å². The van der Waals surface area contributed by atoms with E-state index in [4.69, 9.17) is 23.2 Å². The van der Waals surface area contributed by atoms with Crippen LogP contribution in [0, 0.1) is 11.8 Å². The highest BCUT2D eigenvalue weighted by molar-refractivity contribution is 6.29. The molecule has 0 aliphatic rings. The summed E-state index contributed by atoms with van der Waals surface area (Å²) in [5.74, 6) is 1.74. The van der Waals surface area contributed by atoms with Crippen LogP contribution in [0.15, 0.2) is 11.6 Å². The lowest BCUT2D eigenvalue weighted by atomic mass is 9.95. The Morgan fingerprint density at radius 1 is 1.50 bits per heavy atom. The molecule has 0 bridgehead atoms. The maximum atomic E-state index is 5.71. The van der Waals surface area contributed by atoms with Gasteiger partial charge in [0.1, 0.15) is 0 Å². The Hall–Kier alpha value is 0.320. The highest BCUT2D eigenvalue weighted by Crippen LogP contribution is 2.22. The zero-order valence-electron chi connectivity index (χ0n) is 6.53. The van der Waals surface area contributed by atoms with Gasteiger partial charge in [0.2, 0.25) is 0 Å². The molecule has 1 unspecified atom stereocenters. The molecule has 0 amide bonds. The van der Waals surface area contributed by atoms with Gasteiger partial charge in [0.15, 0.2) is 0 Å². The van der Waals surface area contributed by atoms with Crippen LogP contribution in [-0.4, -0.2) is 5.88 Å². The largest absolute Gasteiger partial charge is 0.126 e. The fourth-order valence-corrected chi connectivity index (χ4v) is 1.42. The molecule has 10 heavy (non-hydrogen) atoms. The Bertz CT molecular complexity index is 108. The van der Waals surface area contributed by atoms with E-state index in [1.807, 2.05) is 0 Å². The van der Waals surface area contributed by atoms with E-state index in [1.54, 1.807) is 0 Å². The van der Waals surface area contributed by atoms with E-state index in [2.05, 4.69) is 20.4 Å². The molecule has 1 atom stereocenters. The molecule has 0 rings (SSSR count). The van der Waals surface area contributed by atoms with E-state index in [9.17, 15) is 0 Å². The number of alkyl halides is 1. The Kier molecular flexibility index (Phi) is 5.20. The molecule has 0 aromatic carbocycles. The van der Waals surface area contributed by atoms with Crippen LogP contribution in [0.1, 0.15) is 20.3 Å². The molecule has 0 aliphatic carbocycles. The first-order valence-electron chi connectivity index (χ1n) is 3.47. The average molecular weight is 181 g/mol. The smallest absolute Gasteiger partial charge is 0.0257 e. The predicted molar refractivity (Wildman–Crippen MR) is 48.7 cm³/mol. The van der Waals surface area contributed by atoms with Gasteiger partial charge < -0.3 is 0 Å². The van der Waals surface area contributed by atoms with E-state index < -0.39 is 0 Å². The summed E-state index contributed by atoms with van der Waals surface area (Å²) in [6.07, 6.45) is 0.836. The molecule has 0 spiro atoms. The molecule has 0 nitrogen and oxygen atoms in total. The van der Waals surface area contributed by atoms with E-state index in [1.165, 1.54) is 0 Å². The molecule has 2 heteroatoms. The summed E-state index contributed by atoms with van der Waals surface area (Å²) in [5, 5.41) is 0.708. The third-order valence-corrected chi connectivity index (χ3v) is 2.18. The van der Waals surface area contributed by atoms with Gasteiger partial charge in [-0.1, -0.05) is 32.0 Å². The second-order valence-electron chi connectivity index (χ2n) is 2.88. The molecule has 0 saturated heterocycles. The van der Waals surface area contributed by atoms with Gasteiger partial charge in [0.25, 0.3) is 0 Å². The third-order valence-electron chi connectivity index (χ3n) is 1.62. The van der Waals surface area contributed by atoms with Crippen molar-refractivity contribution in [3.63, 3.8) is 0 Å². The van der Waals surface area contributed by atoms with Gasteiger partial charge in [-0.3, -0.25) is 0 Å². The Labute approximate surface area is 73.2 Å². The topological polar surface area (TPSA) is 0 Å². The lowest BCUT2D eigenvalue weighted by Crippen LogP contribution is -2.09. The summed E-state index contributed by atoms with van der Waals surface area (Å²) in [6.45, 7) is 7.92. The molecular weight excluding hydrogens is 167 g/mol. The number of hydrogen-bond acceptors (Lipinski definition) is 0. The zero-order valence-corrected chi connectivity index (χ0v) is 8.04. The molecule has 0 heterocycles. The predicted octanol–water partition coefficient (Wildman–Crippen LogP) is 3.64. The third kappa shape index (κ3) is 4.19. The van der Waals surface area contributed by atoms with Crippen molar-refractivity contribution in [2.24, 2.45) is 11.8 Å². The van der Waals surface area contributed by atoms with E-state index in [0.29, 0.717) is 22.7 Å².